The Morgan fingerprint density at radius 3 is 2.42 bits per heavy atom. The number of nitro groups is 1. The van der Waals surface area contributed by atoms with E-state index in [0.717, 1.165) is 24.5 Å². The summed E-state index contributed by atoms with van der Waals surface area (Å²) in [6.45, 7) is 0. The molecule has 0 spiro atoms. The topological polar surface area (TPSA) is 142 Å². The number of nitrogens with zero attached hydrogens (tertiary/aromatic N) is 2. The average Bonchev–Trinajstić information content (AvgIpc) is 2.35. The summed E-state index contributed by atoms with van der Waals surface area (Å²) in [7, 11) is -3.64. The number of nitriles is 1. The van der Waals surface area contributed by atoms with E-state index in [1.54, 1.807) is 0 Å². The summed E-state index contributed by atoms with van der Waals surface area (Å²) in [5, 5.41) is 38.1. The second kappa shape index (κ2) is 5.31. The lowest BCUT2D eigenvalue weighted by Gasteiger charge is -2.12. The highest BCUT2D eigenvalue weighted by Gasteiger charge is 2.27. The third-order valence-corrected chi connectivity index (χ3v) is 3.49. The molecule has 19 heavy (non-hydrogen) atoms. The zero-order valence-electron chi connectivity index (χ0n) is 9.72. The largest absolute Gasteiger partial charge is 0.384 e. The minimum Gasteiger partial charge on any atom is -0.384 e. The molecule has 0 aliphatic carbocycles. The molecule has 0 radical (unpaired) electrons. The van der Waals surface area contributed by atoms with Crippen molar-refractivity contribution in [2.75, 3.05) is 6.26 Å². The first kappa shape index (κ1) is 15.0. The van der Waals surface area contributed by atoms with Crippen molar-refractivity contribution in [3.8, 4) is 6.07 Å². The molecule has 0 saturated carbocycles. The van der Waals surface area contributed by atoms with Gasteiger partial charge < -0.3 is 10.2 Å². The summed E-state index contributed by atoms with van der Waals surface area (Å²) in [6, 6.07) is 4.17. The number of benzene rings is 1. The molecule has 0 heterocycles. The minimum absolute atomic E-state index is 0.290. The Kier molecular flexibility index (Phi) is 4.21. The van der Waals surface area contributed by atoms with Crippen molar-refractivity contribution in [3.63, 3.8) is 0 Å². The fraction of sp³-hybridized carbons (Fsp3) is 0.300. The van der Waals surface area contributed by atoms with Gasteiger partial charge in [0.1, 0.15) is 6.10 Å². The van der Waals surface area contributed by atoms with Gasteiger partial charge in [-0.25, -0.2) is 8.42 Å². The first-order chi connectivity index (χ1) is 8.68. The molecule has 9 heteroatoms. The van der Waals surface area contributed by atoms with E-state index < -0.39 is 32.7 Å². The quantitative estimate of drug-likeness (QED) is 0.447. The van der Waals surface area contributed by atoms with Crippen LogP contribution in [0.15, 0.2) is 23.1 Å². The van der Waals surface area contributed by atoms with Gasteiger partial charge in [0.2, 0.25) is 0 Å². The summed E-state index contributed by atoms with van der Waals surface area (Å²) in [5.41, 5.74) is -1.00. The van der Waals surface area contributed by atoms with E-state index in [1.807, 2.05) is 0 Å². The molecule has 0 saturated heterocycles. The summed E-state index contributed by atoms with van der Waals surface area (Å²) >= 11 is 0. The van der Waals surface area contributed by atoms with Crippen molar-refractivity contribution in [3.05, 3.63) is 33.9 Å². The van der Waals surface area contributed by atoms with Crippen molar-refractivity contribution in [2.45, 2.75) is 17.1 Å². The number of rotatable bonds is 4. The van der Waals surface area contributed by atoms with E-state index in [2.05, 4.69) is 0 Å². The van der Waals surface area contributed by atoms with Gasteiger partial charge in [0.15, 0.2) is 15.9 Å². The summed E-state index contributed by atoms with van der Waals surface area (Å²) in [4.78, 5) is 9.67. The van der Waals surface area contributed by atoms with Crippen LogP contribution in [0.1, 0.15) is 11.7 Å². The molecule has 0 aliphatic rings. The molecular weight excluding hydrogens is 276 g/mol. The Labute approximate surface area is 108 Å². The number of nitro benzene ring substituents is 1. The Bertz CT molecular complexity index is 648. The monoisotopic (exact) mass is 286 g/mol. The zero-order valence-corrected chi connectivity index (χ0v) is 10.5. The van der Waals surface area contributed by atoms with Crippen molar-refractivity contribution in [1.82, 2.24) is 0 Å². The lowest BCUT2D eigenvalue weighted by atomic mass is 10.0. The smallest absolute Gasteiger partial charge is 0.276 e. The van der Waals surface area contributed by atoms with E-state index in [0.29, 0.717) is 0 Å². The van der Waals surface area contributed by atoms with Crippen LogP contribution >= 0.6 is 0 Å². The van der Waals surface area contributed by atoms with Crippen molar-refractivity contribution in [1.29, 1.82) is 5.26 Å². The molecule has 0 amide bonds. The van der Waals surface area contributed by atoms with Crippen LogP contribution in [-0.2, 0) is 9.84 Å². The Hall–Kier alpha value is -2.02. The van der Waals surface area contributed by atoms with E-state index in [4.69, 9.17) is 10.4 Å². The maximum absolute atomic E-state index is 11.3. The Morgan fingerprint density at radius 1 is 1.42 bits per heavy atom. The van der Waals surface area contributed by atoms with Gasteiger partial charge in [-0.15, -0.1) is 0 Å². The number of sulfone groups is 1. The summed E-state index contributed by atoms with van der Waals surface area (Å²) in [6.07, 6.45) is -2.76. The highest BCUT2D eigenvalue weighted by atomic mass is 32.2. The van der Waals surface area contributed by atoms with Crippen LogP contribution in [0.2, 0.25) is 0 Å². The second-order valence-electron chi connectivity index (χ2n) is 3.77. The van der Waals surface area contributed by atoms with E-state index in [1.165, 1.54) is 6.07 Å². The molecule has 2 N–H and O–H groups in total. The fourth-order valence-corrected chi connectivity index (χ4v) is 2.04. The number of aliphatic hydroxyl groups excluding tert-OH is 2. The van der Waals surface area contributed by atoms with E-state index in [-0.39, 0.29) is 10.5 Å². The average molecular weight is 286 g/mol. The molecule has 1 aromatic carbocycles. The normalized spacial score (nSPS) is 14.4. The predicted octanol–water partition coefficient (Wildman–Crippen LogP) is -0.0838. The maximum Gasteiger partial charge on any atom is 0.276 e. The van der Waals surface area contributed by atoms with Gasteiger partial charge >= 0.3 is 0 Å². The molecule has 0 fully saturated rings. The van der Waals surface area contributed by atoms with E-state index in [9.17, 15) is 23.6 Å². The van der Waals surface area contributed by atoms with Crippen molar-refractivity contribution < 1.29 is 23.6 Å². The third-order valence-electron chi connectivity index (χ3n) is 2.38. The molecule has 2 unspecified atom stereocenters. The highest BCUT2D eigenvalue weighted by molar-refractivity contribution is 7.90. The van der Waals surface area contributed by atoms with Gasteiger partial charge in [-0.1, -0.05) is 0 Å². The van der Waals surface area contributed by atoms with Gasteiger partial charge in [0, 0.05) is 12.3 Å². The van der Waals surface area contributed by atoms with Crippen molar-refractivity contribution >= 4 is 15.5 Å². The number of aliphatic hydroxyl groups is 2. The first-order valence-corrected chi connectivity index (χ1v) is 6.81. The van der Waals surface area contributed by atoms with Crippen LogP contribution in [0.4, 0.5) is 5.69 Å². The van der Waals surface area contributed by atoms with Gasteiger partial charge in [-0.05, 0) is 12.1 Å². The van der Waals surface area contributed by atoms with Gasteiger partial charge in [-0.3, -0.25) is 10.1 Å². The molecule has 8 nitrogen and oxygen atoms in total. The van der Waals surface area contributed by atoms with Crippen LogP contribution < -0.4 is 0 Å². The van der Waals surface area contributed by atoms with Crippen LogP contribution in [0.3, 0.4) is 0 Å². The minimum atomic E-state index is -3.64. The molecule has 0 bridgehead atoms. The van der Waals surface area contributed by atoms with Crippen LogP contribution in [0.25, 0.3) is 0 Å². The third kappa shape index (κ3) is 3.25. The predicted molar refractivity (Wildman–Crippen MR) is 62.8 cm³/mol. The molecule has 1 aromatic rings. The van der Waals surface area contributed by atoms with Gasteiger partial charge in [0.25, 0.3) is 5.69 Å². The summed E-state index contributed by atoms with van der Waals surface area (Å²) < 4.78 is 22.6. The lowest BCUT2D eigenvalue weighted by Crippen LogP contribution is -2.17. The fourth-order valence-electron chi connectivity index (χ4n) is 1.40. The molecule has 1 rings (SSSR count). The van der Waals surface area contributed by atoms with Crippen LogP contribution in [0.5, 0.6) is 0 Å². The number of hydrogen-bond donors (Lipinski definition) is 2. The standard InChI is InChI=1S/C10H10N2O6S/c1-19(17,18)6-2-3-7(8(4-6)12(15)16)10(14)9(13)5-11/h2-4,9-10,13-14H,1H3. The van der Waals surface area contributed by atoms with Crippen molar-refractivity contribution in [2.24, 2.45) is 0 Å². The first-order valence-electron chi connectivity index (χ1n) is 4.92. The zero-order chi connectivity index (χ0) is 14.8. The highest BCUT2D eigenvalue weighted by Crippen LogP contribution is 2.29. The Balaban J connectivity index is 3.44. The molecule has 2 atom stereocenters. The summed E-state index contributed by atoms with van der Waals surface area (Å²) in [5.74, 6) is 0. The van der Waals surface area contributed by atoms with Gasteiger partial charge in [-0.2, -0.15) is 5.26 Å². The molecule has 0 aliphatic heterocycles. The van der Waals surface area contributed by atoms with Crippen LogP contribution in [-0.4, -0.2) is 35.9 Å². The SMILES string of the molecule is CS(=O)(=O)c1ccc(C(O)C(O)C#N)c([N+](=O)[O-])c1. The second-order valence-corrected chi connectivity index (χ2v) is 5.78. The molecule has 0 aromatic heterocycles. The number of hydrogen-bond acceptors (Lipinski definition) is 7. The maximum atomic E-state index is 11.3. The van der Waals surface area contributed by atoms with Crippen LogP contribution in [0, 0.1) is 21.4 Å². The molecular formula is C10H10N2O6S. The molecule has 102 valence electrons. The lowest BCUT2D eigenvalue weighted by molar-refractivity contribution is -0.386. The van der Waals surface area contributed by atoms with Gasteiger partial charge in [0.05, 0.1) is 21.5 Å². The van der Waals surface area contributed by atoms with E-state index >= 15 is 0 Å². The Morgan fingerprint density at radius 2 is 2.00 bits per heavy atom.